The number of nitrogens with one attached hydrogen (secondary N) is 2. The highest BCUT2D eigenvalue weighted by atomic mass is 79.9. The lowest BCUT2D eigenvalue weighted by Crippen LogP contribution is -2.41. The molecule has 0 unspecified atom stereocenters. The summed E-state index contributed by atoms with van der Waals surface area (Å²) in [6, 6.07) is 39.7. The van der Waals surface area contributed by atoms with Crippen LogP contribution in [0.4, 0.5) is 38.5 Å². The summed E-state index contributed by atoms with van der Waals surface area (Å²) in [5, 5.41) is 16.3. The number of fused-ring (bicyclic) bond motifs is 4. The smallest absolute Gasteiger partial charge is 0.455 e. The minimum Gasteiger partial charge on any atom is -0.455 e. The average Bonchev–Trinajstić information content (AvgIpc) is 1.61. The van der Waals surface area contributed by atoms with E-state index < -0.39 is 91.0 Å². The van der Waals surface area contributed by atoms with Crippen molar-refractivity contribution in [2.24, 2.45) is 0 Å². The zero-order valence-corrected chi connectivity index (χ0v) is 64.9. The Kier molecular flexibility index (Phi) is 22.6. The lowest BCUT2D eigenvalue weighted by atomic mass is 9.77. The number of aromatic nitrogens is 4. The van der Waals surface area contributed by atoms with Gasteiger partial charge in [-0.15, -0.1) is 0 Å². The molecular formula is C79H80BBrF4N8O14S2. The number of rotatable bonds is 12. The molecule has 0 spiro atoms. The van der Waals surface area contributed by atoms with Gasteiger partial charge in [0.1, 0.15) is 68.5 Å². The topological polar surface area (TPSA) is 266 Å². The van der Waals surface area contributed by atoms with Crippen LogP contribution >= 0.6 is 15.9 Å². The Hall–Kier alpha value is -10.7. The fourth-order valence-corrected chi connectivity index (χ4v) is 13.2. The Morgan fingerprint density at radius 2 is 0.844 bits per heavy atom. The number of hydrogen-bond donors (Lipinski definition) is 2. The summed E-state index contributed by atoms with van der Waals surface area (Å²) in [5.41, 5.74) is 4.17. The van der Waals surface area contributed by atoms with E-state index in [2.05, 4.69) is 36.8 Å². The molecule has 8 aromatic carbocycles. The molecule has 4 aromatic heterocycles. The highest BCUT2D eigenvalue weighted by molar-refractivity contribution is 9.10. The monoisotopic (exact) mass is 1590 g/mol. The Balaban J connectivity index is 0.000000184. The van der Waals surface area contributed by atoms with Gasteiger partial charge in [-0.25, -0.2) is 44.0 Å². The van der Waals surface area contributed by atoms with Crippen molar-refractivity contribution in [3.8, 4) is 56.3 Å². The van der Waals surface area contributed by atoms with Gasteiger partial charge < -0.3 is 38.3 Å². The van der Waals surface area contributed by atoms with Gasteiger partial charge in [0.05, 0.1) is 57.2 Å². The highest BCUT2D eigenvalue weighted by Crippen LogP contribution is 2.45. The van der Waals surface area contributed by atoms with Crippen molar-refractivity contribution in [1.82, 2.24) is 30.2 Å². The number of benzene rings is 8. The first-order valence-corrected chi connectivity index (χ1v) is 38.1. The van der Waals surface area contributed by atoms with Gasteiger partial charge in [0, 0.05) is 99.6 Å². The van der Waals surface area contributed by atoms with E-state index >= 15 is 0 Å². The number of hydrogen-bond acceptors (Lipinski definition) is 16. The first-order valence-electron chi connectivity index (χ1n) is 33.6. The molecule has 5 heterocycles. The van der Waals surface area contributed by atoms with Gasteiger partial charge in [0.15, 0.2) is 0 Å². The van der Waals surface area contributed by atoms with Gasteiger partial charge in [0.2, 0.25) is 20.0 Å². The normalized spacial score (nSPS) is 13.5. The standard InChI is InChI=1S/C36H32F2N4O6S.C24H28BFN2O6S.C18H16BrFN2O2.CH4/c1-36(2,3)48-35(44)42-28-16-11-22(17-26(28)32(40-42)20-7-12-23(37)13-8-20)25-18-27-30(19-29(25)41(5)49(6,45)46)47-33(31(27)34(43)39-4)21-9-14-24(38)15-10-21;1-23(2)24(3,4)34-25(33-23)17-12-16-19(13-18(17)28(6)35(7,30)31)32-21(20(16)22(29)27-5)14-8-10-15(26)11-9-14;1-18(2,3)24-17(23)22-15-9-6-12(19)10-14(15)16(21-22)11-4-7-13(20)8-5-11;/h7-19H,1-6H3,(H,39,43);8-13H,1-7H3,(H,27,29);4-10H,1-3H3;1H4. The van der Waals surface area contributed by atoms with Crippen molar-refractivity contribution in [1.29, 1.82) is 0 Å². The largest absolute Gasteiger partial charge is 0.497 e. The van der Waals surface area contributed by atoms with Crippen LogP contribution in [0.5, 0.6) is 0 Å². The van der Waals surface area contributed by atoms with Crippen LogP contribution in [0.2, 0.25) is 0 Å². The average molecular weight is 1600 g/mol. The number of carbonyl (C=O) groups excluding carboxylic acids is 4. The third-order valence-corrected chi connectivity index (χ3v) is 20.8. The third kappa shape index (κ3) is 17.0. The van der Waals surface area contributed by atoms with Crippen molar-refractivity contribution < 1.29 is 81.2 Å². The predicted octanol–water partition coefficient (Wildman–Crippen LogP) is 16.9. The number of anilines is 2. The molecular weight excluding hydrogens is 1520 g/mol. The first-order chi connectivity index (χ1) is 50.5. The summed E-state index contributed by atoms with van der Waals surface area (Å²) in [6.07, 6.45) is 0.874. The number of nitrogens with zero attached hydrogens (tertiary/aromatic N) is 6. The third-order valence-electron chi connectivity index (χ3n) is 17.9. The van der Waals surface area contributed by atoms with E-state index in [9.17, 15) is 53.6 Å². The molecule has 0 saturated carbocycles. The molecule has 0 atom stereocenters. The van der Waals surface area contributed by atoms with Crippen LogP contribution in [0, 0.1) is 23.3 Å². The number of sulfonamides is 2. The van der Waals surface area contributed by atoms with E-state index in [4.69, 9.17) is 27.6 Å². The Morgan fingerprint density at radius 1 is 0.495 bits per heavy atom. The maximum atomic E-state index is 13.9. The molecule has 1 saturated heterocycles. The van der Waals surface area contributed by atoms with E-state index in [1.165, 1.54) is 124 Å². The molecule has 2 amide bonds. The van der Waals surface area contributed by atoms with Gasteiger partial charge in [0.25, 0.3) is 11.8 Å². The fraction of sp³-hybridized carbons (Fsp3) is 0.266. The Labute approximate surface area is 636 Å². The minimum absolute atomic E-state index is 0. The SMILES string of the molecule is C.CC(C)(C)OC(=O)n1nc(-c2ccc(F)cc2)c2cc(Br)ccc21.CNC(=O)c1c(-c2ccc(F)cc2)oc2cc(N(C)S(C)(=O)=O)c(-c3ccc4c(c3)c(-c3ccc(F)cc3)nn4C(=O)OC(C)(C)C)cc12.CNC(=O)c1c(-c2ccc(F)cc2)oc2cc(N(C)S(C)(=O)=O)c(B3OC(C)(C)C(C)(C)O3)cc12. The number of halogens is 5. The first kappa shape index (κ1) is 80.9. The van der Waals surface area contributed by atoms with Gasteiger partial charge >= 0.3 is 19.3 Å². The minimum atomic E-state index is -3.80. The molecule has 0 radical (unpaired) electrons. The van der Waals surface area contributed by atoms with Crippen molar-refractivity contribution in [3.63, 3.8) is 0 Å². The van der Waals surface area contributed by atoms with Crippen LogP contribution < -0.4 is 24.7 Å². The van der Waals surface area contributed by atoms with Crippen LogP contribution in [-0.2, 0) is 38.8 Å². The van der Waals surface area contributed by atoms with Gasteiger partial charge in [-0.3, -0.25) is 18.2 Å². The summed E-state index contributed by atoms with van der Waals surface area (Å²) >= 11 is 3.43. The van der Waals surface area contributed by atoms with Crippen LogP contribution in [0.3, 0.4) is 0 Å². The molecule has 109 heavy (non-hydrogen) atoms. The molecule has 1 aliphatic heterocycles. The highest BCUT2D eigenvalue weighted by Gasteiger charge is 2.53. The second-order valence-electron chi connectivity index (χ2n) is 28.5. The second-order valence-corrected chi connectivity index (χ2v) is 33.4. The molecule has 12 aromatic rings. The van der Waals surface area contributed by atoms with Crippen LogP contribution in [0.1, 0.15) is 97.4 Å². The molecule has 2 N–H and O–H groups in total. The summed E-state index contributed by atoms with van der Waals surface area (Å²) < 4.78 is 146. The van der Waals surface area contributed by atoms with Crippen molar-refractivity contribution in [3.05, 3.63) is 197 Å². The molecule has 0 aliphatic carbocycles. The molecule has 30 heteroatoms. The second kappa shape index (κ2) is 30.4. The zero-order chi connectivity index (χ0) is 78.8. The van der Waals surface area contributed by atoms with Gasteiger partial charge in [-0.1, -0.05) is 29.4 Å². The fourth-order valence-electron chi connectivity index (χ4n) is 11.8. The van der Waals surface area contributed by atoms with E-state index in [0.717, 1.165) is 41.2 Å². The molecule has 0 bridgehead atoms. The van der Waals surface area contributed by atoms with E-state index in [-0.39, 0.29) is 52.7 Å². The van der Waals surface area contributed by atoms with Crippen LogP contribution in [-0.4, -0.2) is 131 Å². The van der Waals surface area contributed by atoms with Crippen molar-refractivity contribution in [2.75, 3.05) is 49.3 Å². The summed E-state index contributed by atoms with van der Waals surface area (Å²) in [4.78, 5) is 52.0. The van der Waals surface area contributed by atoms with Crippen LogP contribution in [0.15, 0.2) is 171 Å². The number of ether oxygens (including phenoxy) is 2. The van der Waals surface area contributed by atoms with Crippen molar-refractivity contribution >= 4 is 128 Å². The number of carbonyl (C=O) groups is 4. The number of furan rings is 2. The lowest BCUT2D eigenvalue weighted by Gasteiger charge is -2.32. The van der Waals surface area contributed by atoms with E-state index in [1.807, 2.05) is 39.8 Å². The maximum Gasteiger partial charge on any atom is 0.497 e. The quantitative estimate of drug-likeness (QED) is 0.0850. The summed E-state index contributed by atoms with van der Waals surface area (Å²) in [5.74, 6) is -2.14. The molecule has 1 fully saturated rings. The zero-order valence-electron chi connectivity index (χ0n) is 61.7. The van der Waals surface area contributed by atoms with E-state index in [0.29, 0.717) is 77.5 Å². The Bertz CT molecular complexity index is 5760. The van der Waals surface area contributed by atoms with E-state index in [1.54, 1.807) is 96.1 Å². The maximum absolute atomic E-state index is 13.9. The summed E-state index contributed by atoms with van der Waals surface area (Å²) in [7, 11) is -2.57. The molecule has 1 aliphatic rings. The molecule has 13 rings (SSSR count). The lowest BCUT2D eigenvalue weighted by molar-refractivity contribution is 0.00578. The van der Waals surface area contributed by atoms with Crippen molar-refractivity contribution in [2.45, 2.75) is 99.1 Å². The molecule has 22 nitrogen and oxygen atoms in total. The predicted molar refractivity (Wildman–Crippen MR) is 419 cm³/mol. The van der Waals surface area contributed by atoms with Crippen LogP contribution in [0.25, 0.3) is 100 Å². The van der Waals surface area contributed by atoms with Gasteiger partial charge in [-0.05, 0) is 214 Å². The van der Waals surface area contributed by atoms with Gasteiger partial charge in [-0.2, -0.15) is 19.6 Å². The Morgan fingerprint density at radius 3 is 1.23 bits per heavy atom. The molecule has 570 valence electrons. The summed E-state index contributed by atoms with van der Waals surface area (Å²) in [6.45, 7) is 18.2. The number of amides is 2.